The Morgan fingerprint density at radius 1 is 0.619 bits per heavy atom. The number of carbonyl (C=O) groups is 2. The average Bonchev–Trinajstić information content (AvgIpc) is 4.30. The lowest BCUT2D eigenvalue weighted by atomic mass is 9.92. The Bertz CT molecular complexity index is 2410. The van der Waals surface area contributed by atoms with Crippen LogP contribution in [0.1, 0.15) is 90.0 Å². The number of phenols is 1. The van der Waals surface area contributed by atoms with E-state index in [1.54, 1.807) is 52.7 Å². The van der Waals surface area contributed by atoms with Crippen LogP contribution in [-0.4, -0.2) is 141 Å². The van der Waals surface area contributed by atoms with Crippen molar-refractivity contribution in [1.29, 1.82) is 0 Å². The van der Waals surface area contributed by atoms with Crippen LogP contribution < -0.4 is 40.5 Å². The largest absolute Gasteiger partial charge is 0.508 e. The van der Waals surface area contributed by atoms with Gasteiger partial charge in [0.2, 0.25) is 17.6 Å². The second-order valence-corrected chi connectivity index (χ2v) is 17.1. The topological polar surface area (TPSA) is 229 Å². The molecule has 3 aliphatic heterocycles. The number of nitrogens with one attached hydrogen (secondary N) is 3. The molecule has 3 heterocycles. The minimum absolute atomic E-state index is 0.00933. The number of cyclic esters (lactones) is 1. The molecule has 0 spiro atoms. The Morgan fingerprint density at radius 3 is 1.39 bits per heavy atom. The molecule has 1 amide bonds. The van der Waals surface area contributed by atoms with Crippen LogP contribution in [0.3, 0.4) is 0 Å². The number of hydrogen-bond donors (Lipinski definition) is 7. The van der Waals surface area contributed by atoms with Gasteiger partial charge in [0.1, 0.15) is 17.2 Å². The number of hydrogen-bond acceptors (Lipinski definition) is 18. The summed E-state index contributed by atoms with van der Waals surface area (Å²) in [7, 11) is 16.7. The Hall–Kier alpha value is -7.87. The van der Waals surface area contributed by atoms with E-state index in [9.17, 15) is 9.59 Å². The van der Waals surface area contributed by atoms with E-state index in [1.165, 1.54) is 12.8 Å². The van der Waals surface area contributed by atoms with Gasteiger partial charge in [-0.25, -0.2) is 4.79 Å². The van der Waals surface area contributed by atoms with Gasteiger partial charge in [-0.2, -0.15) is 0 Å². The number of hydrazone groups is 1. The van der Waals surface area contributed by atoms with Gasteiger partial charge >= 0.3 is 5.97 Å². The Balaban J connectivity index is -0.000000445. The minimum atomic E-state index is -0.961. The first-order chi connectivity index (χ1) is 40.4. The van der Waals surface area contributed by atoms with Gasteiger partial charge < -0.3 is 64.4 Å². The predicted molar refractivity (Wildman–Crippen MR) is 350 cm³/mol. The van der Waals surface area contributed by atoms with Gasteiger partial charge in [0, 0.05) is 59.5 Å². The average molecular weight is 1180 g/mol. The van der Waals surface area contributed by atoms with Crippen LogP contribution in [0.15, 0.2) is 150 Å². The van der Waals surface area contributed by atoms with E-state index in [1.807, 2.05) is 187 Å². The van der Waals surface area contributed by atoms with Gasteiger partial charge in [-0.05, 0) is 118 Å². The highest BCUT2D eigenvalue weighted by molar-refractivity contribution is 5.89. The summed E-state index contributed by atoms with van der Waals surface area (Å²) >= 11 is 0. The zero-order valence-corrected chi connectivity index (χ0v) is 55.0. The van der Waals surface area contributed by atoms with Gasteiger partial charge in [0.25, 0.3) is 0 Å². The van der Waals surface area contributed by atoms with Crippen molar-refractivity contribution in [2.24, 2.45) is 15.9 Å². The molecule has 0 saturated carbocycles. The molecule has 5 aromatic rings. The monoisotopic (exact) mass is 1180 g/mol. The van der Waals surface area contributed by atoms with Crippen molar-refractivity contribution >= 4 is 46.2 Å². The highest BCUT2D eigenvalue weighted by Crippen LogP contribution is 2.31. The maximum absolute atomic E-state index is 11.8. The molecule has 2 unspecified atom stereocenters. The number of aliphatic hydroxyl groups is 3. The molecule has 7 N–H and O–H groups in total. The number of methoxy groups -OCH3 is 5. The number of esters is 1. The van der Waals surface area contributed by atoms with Crippen LogP contribution in [0.4, 0.5) is 28.4 Å². The van der Waals surface area contributed by atoms with Gasteiger partial charge in [-0.15, -0.1) is 5.10 Å². The number of carbonyl (C=O) groups excluding carboxylic acids is 2. The number of ether oxygens (including phenoxy) is 6. The normalized spacial score (nSPS) is 14.9. The molecule has 2 atom stereocenters. The van der Waals surface area contributed by atoms with Crippen LogP contribution in [0, 0.1) is 10.8 Å². The van der Waals surface area contributed by atoms with E-state index >= 15 is 0 Å². The first-order valence-electron chi connectivity index (χ1n) is 28.3. The van der Waals surface area contributed by atoms with Crippen molar-refractivity contribution in [3.8, 4) is 17.2 Å². The minimum Gasteiger partial charge on any atom is -0.508 e. The third kappa shape index (κ3) is 30.4. The van der Waals surface area contributed by atoms with Crippen molar-refractivity contribution in [2.45, 2.75) is 96.1 Å². The number of aromatic hydroxyl groups is 1. The summed E-state index contributed by atoms with van der Waals surface area (Å²) in [6.45, 7) is 27.7. The number of nitrogens with zero attached hydrogens (tertiary/aromatic N) is 4. The van der Waals surface area contributed by atoms with Gasteiger partial charge in [-0.3, -0.25) is 20.2 Å². The van der Waals surface area contributed by atoms with Crippen LogP contribution in [0.2, 0.25) is 0 Å². The molecule has 0 aliphatic carbocycles. The van der Waals surface area contributed by atoms with E-state index in [0.29, 0.717) is 13.2 Å². The summed E-state index contributed by atoms with van der Waals surface area (Å²) in [6, 6.07) is 42.6. The molecule has 474 valence electrons. The molecule has 0 aromatic heterocycles. The highest BCUT2D eigenvalue weighted by atomic mass is 16.6. The summed E-state index contributed by atoms with van der Waals surface area (Å²) < 4.78 is 29.2. The van der Waals surface area contributed by atoms with Gasteiger partial charge in [-0.1, -0.05) is 106 Å². The first-order valence-corrected chi connectivity index (χ1v) is 28.3. The molecule has 84 heavy (non-hydrogen) atoms. The number of phenolic OH excluding ortho intramolecular Hbond substituents is 1. The number of benzene rings is 5. The molecule has 3 aliphatic rings. The molecule has 1 saturated heterocycles. The molecule has 0 bridgehead atoms. The summed E-state index contributed by atoms with van der Waals surface area (Å²) in [5.41, 5.74) is 7.96. The lowest BCUT2D eigenvalue weighted by molar-refractivity contribution is -0.144. The fraction of sp³-hybridized carbons (Fsp3) is 0.462. The number of rotatable bonds is 11. The molecule has 1 fully saturated rings. The number of anilines is 5. The lowest BCUT2D eigenvalue weighted by Gasteiger charge is -2.20. The second-order valence-electron chi connectivity index (χ2n) is 17.1. The lowest BCUT2D eigenvalue weighted by Crippen LogP contribution is -2.34. The van der Waals surface area contributed by atoms with Crippen LogP contribution in [-0.2, 0) is 28.5 Å². The molecule has 19 nitrogen and oxygen atoms in total. The number of hydrazine groups is 1. The standard InChI is InChI=1S/C12H16N2O2.C12H16N2O.C9H14N2.C8H11NO.C7H8O2.C6H8O5.5C2H6.CH4O/c1-12(9-16-2)8-14(13-11(12)15)10-6-4-3-5-7-10;1-12(2)9-14(13-11(12)15-3)10-7-5-4-6-8-10;1-10-8-4-6-9(7-5-8)11(2)3;1-9-7-3-5-8(10-2)6-4-7;1-9-7-4-2-6(8)3-5-7;1-10-5-4(8)3(2-7)11-6(5)9;6*1-2/h3-7H,8-9H2,1-2H3,(H,13,15);4-8H,9H2,1-3H3;4-7,10H,1-3H3;3-6,9H,1-2H3;2-5,8H,1H3;3,7-8H,2H2,1H3;5*1-2H3;2H,1H3. The van der Waals surface area contributed by atoms with Crippen LogP contribution >= 0.6 is 0 Å². The summed E-state index contributed by atoms with van der Waals surface area (Å²) in [6.07, 6.45) is -0.961. The fourth-order valence-electron chi connectivity index (χ4n) is 6.77. The van der Waals surface area contributed by atoms with Crippen molar-refractivity contribution in [3.05, 3.63) is 145 Å². The van der Waals surface area contributed by atoms with Gasteiger partial charge in [0.05, 0.1) is 76.9 Å². The third-order valence-electron chi connectivity index (χ3n) is 10.9. The summed E-state index contributed by atoms with van der Waals surface area (Å²) in [5, 5.41) is 47.8. The molecule has 5 aromatic carbocycles. The molecule has 19 heteroatoms. The number of aliphatic hydroxyl groups excluding tert-OH is 3. The summed E-state index contributed by atoms with van der Waals surface area (Å²) in [5.74, 6) is 1.39. The molecule has 0 radical (unpaired) electrons. The molecular formula is C65H107N7O12. The second kappa shape index (κ2) is 49.7. The Kier molecular flexibility index (Phi) is 48.9. The van der Waals surface area contributed by atoms with E-state index < -0.39 is 24.1 Å². The predicted octanol–water partition coefficient (Wildman–Crippen LogP) is 12.7. The van der Waals surface area contributed by atoms with E-state index in [0.717, 1.165) is 53.8 Å². The van der Waals surface area contributed by atoms with Crippen molar-refractivity contribution in [3.63, 3.8) is 0 Å². The molecular weight excluding hydrogens is 1070 g/mol. The Morgan fingerprint density at radius 2 is 1.05 bits per heavy atom. The van der Waals surface area contributed by atoms with Crippen LogP contribution in [0.5, 0.6) is 17.2 Å². The first kappa shape index (κ1) is 82.6. The quantitative estimate of drug-likeness (QED) is 0.0610. The number of amides is 1. The summed E-state index contributed by atoms with van der Waals surface area (Å²) in [4.78, 5) is 24.6. The SMILES string of the molecule is CC.CC.CC.CC.CC.CNc1ccc(N(C)C)cc1.CNc1ccc(OC)cc1.CO.COC1=C(O)C(CO)OC1=O.COC1=NN(c2ccccc2)CC1(C)C.COCC1(C)CN(c2ccccc2)NC1=O.COc1ccc(O)cc1. The fourth-order valence-corrected chi connectivity index (χ4v) is 6.77. The smallest absolute Gasteiger partial charge is 0.378 e. The molecule has 8 rings (SSSR count). The number of para-hydroxylation sites is 2. The van der Waals surface area contributed by atoms with Crippen molar-refractivity contribution in [1.82, 2.24) is 5.43 Å². The maximum atomic E-state index is 11.8. The Labute approximate surface area is 505 Å². The maximum Gasteiger partial charge on any atom is 0.378 e. The van der Waals surface area contributed by atoms with E-state index in [4.69, 9.17) is 39.4 Å². The van der Waals surface area contributed by atoms with Gasteiger partial charge in [0.15, 0.2) is 11.9 Å². The van der Waals surface area contributed by atoms with Crippen molar-refractivity contribution in [2.75, 3.05) is 123 Å². The highest BCUT2D eigenvalue weighted by Gasteiger charge is 2.42. The van der Waals surface area contributed by atoms with Crippen molar-refractivity contribution < 1.29 is 58.4 Å². The van der Waals surface area contributed by atoms with Crippen LogP contribution in [0.25, 0.3) is 0 Å². The zero-order chi connectivity index (χ0) is 65.3. The third-order valence-corrected chi connectivity index (χ3v) is 10.9. The van der Waals surface area contributed by atoms with E-state index in [-0.39, 0.29) is 28.6 Å². The zero-order valence-electron chi connectivity index (χ0n) is 55.0. The van der Waals surface area contributed by atoms with E-state index in [2.05, 4.69) is 85.8 Å².